The monoisotopic (exact) mass is 669 g/mol. The minimum atomic E-state index is -0.601. The van der Waals surface area contributed by atoms with E-state index >= 15 is 0 Å². The van der Waals surface area contributed by atoms with Crippen LogP contribution < -0.4 is 10.6 Å². The fourth-order valence-corrected chi connectivity index (χ4v) is 6.35. The van der Waals surface area contributed by atoms with Crippen molar-refractivity contribution in [2.45, 2.75) is 206 Å². The maximum atomic E-state index is 12.8. The van der Waals surface area contributed by atoms with Crippen LogP contribution in [0.1, 0.15) is 227 Å². The minimum absolute atomic E-state index is 0.105. The lowest BCUT2D eigenvalue weighted by Crippen LogP contribution is -2.35. The Hall–Kier alpha value is -2.50. The number of unbranched alkanes of at least 4 members (excludes halogenated alkanes) is 26. The quantitative estimate of drug-likeness (QED) is 0.0747. The summed E-state index contributed by atoms with van der Waals surface area (Å²) in [6, 6.07) is 6.34. The van der Waals surface area contributed by atoms with Gasteiger partial charge in [0.05, 0.1) is 11.1 Å². The summed E-state index contributed by atoms with van der Waals surface area (Å²) in [5.41, 5.74) is 0.210. The van der Waals surface area contributed by atoms with Crippen molar-refractivity contribution in [3.63, 3.8) is 0 Å². The Bertz CT molecular complexity index is 899. The molecule has 0 atom stereocenters. The van der Waals surface area contributed by atoms with E-state index < -0.39 is 11.8 Å². The third-order valence-electron chi connectivity index (χ3n) is 9.44. The fourth-order valence-electron chi connectivity index (χ4n) is 6.35. The molecule has 0 aliphatic heterocycles. The van der Waals surface area contributed by atoms with Crippen molar-refractivity contribution in [2.24, 2.45) is 0 Å². The summed E-state index contributed by atoms with van der Waals surface area (Å²) in [7, 11) is 0. The van der Waals surface area contributed by atoms with Gasteiger partial charge >= 0.3 is 0 Å². The van der Waals surface area contributed by atoms with Gasteiger partial charge in [0.25, 0.3) is 11.8 Å². The van der Waals surface area contributed by atoms with E-state index in [1.807, 2.05) is 0 Å². The van der Waals surface area contributed by atoms with Crippen LogP contribution in [0, 0.1) is 0 Å². The molecule has 1 aromatic carbocycles. The molecule has 0 aliphatic carbocycles. The van der Waals surface area contributed by atoms with Crippen molar-refractivity contribution < 1.29 is 19.2 Å². The summed E-state index contributed by atoms with van der Waals surface area (Å²) < 4.78 is 0. The van der Waals surface area contributed by atoms with Crippen LogP contribution >= 0.6 is 0 Å². The number of imide groups is 2. The van der Waals surface area contributed by atoms with Crippen molar-refractivity contribution in [3.8, 4) is 0 Å². The number of amides is 4. The molecule has 0 fully saturated rings. The van der Waals surface area contributed by atoms with Crippen molar-refractivity contribution in [1.29, 1.82) is 0 Å². The van der Waals surface area contributed by atoms with Crippen LogP contribution in [0.5, 0.6) is 0 Å². The van der Waals surface area contributed by atoms with E-state index in [0.29, 0.717) is 0 Å². The van der Waals surface area contributed by atoms with Crippen LogP contribution in [-0.4, -0.2) is 23.6 Å². The summed E-state index contributed by atoms with van der Waals surface area (Å²) in [5.74, 6) is -1.86. The van der Waals surface area contributed by atoms with Gasteiger partial charge in [-0.3, -0.25) is 29.8 Å². The second-order valence-corrected chi connectivity index (χ2v) is 14.0. The highest BCUT2D eigenvalue weighted by atomic mass is 16.2. The summed E-state index contributed by atoms with van der Waals surface area (Å²) in [6.07, 6.45) is 35.4. The number of hydrogen-bond donors (Lipinski definition) is 2. The van der Waals surface area contributed by atoms with E-state index in [-0.39, 0.29) is 35.8 Å². The number of rotatable bonds is 32. The lowest BCUT2D eigenvalue weighted by atomic mass is 10.0. The zero-order chi connectivity index (χ0) is 34.9. The molecule has 274 valence electrons. The minimum Gasteiger partial charge on any atom is -0.292 e. The lowest BCUT2D eigenvalue weighted by molar-refractivity contribution is -0.121. The molecule has 0 bridgehead atoms. The Balaban J connectivity index is 2.14. The van der Waals surface area contributed by atoms with Crippen LogP contribution in [0.25, 0.3) is 0 Å². The van der Waals surface area contributed by atoms with Gasteiger partial charge in [-0.05, 0) is 25.0 Å². The predicted octanol–water partition coefficient (Wildman–Crippen LogP) is 11.9. The molecule has 0 heterocycles. The highest BCUT2D eigenvalue weighted by Crippen LogP contribution is 2.15. The van der Waals surface area contributed by atoms with Gasteiger partial charge in [0.2, 0.25) is 11.8 Å². The second kappa shape index (κ2) is 31.7. The molecule has 6 nitrogen and oxygen atoms in total. The van der Waals surface area contributed by atoms with Gasteiger partial charge in [-0.1, -0.05) is 193 Å². The highest BCUT2D eigenvalue weighted by Gasteiger charge is 2.19. The molecule has 0 spiro atoms. The summed E-state index contributed by atoms with van der Waals surface area (Å²) in [6.45, 7) is 4.51. The second-order valence-electron chi connectivity index (χ2n) is 14.0. The van der Waals surface area contributed by atoms with Crippen molar-refractivity contribution in [2.75, 3.05) is 0 Å². The summed E-state index contributed by atoms with van der Waals surface area (Å²) in [4.78, 5) is 50.5. The largest absolute Gasteiger partial charge is 0.292 e. The SMILES string of the molecule is CCCCCCCCCCCCCCCCC(=O)NC(=O)c1ccccc1C(=O)NC(=O)CCCCCCCCCCCCCCCC. The lowest BCUT2D eigenvalue weighted by Gasteiger charge is -2.10. The first-order chi connectivity index (χ1) is 23.5. The first kappa shape index (κ1) is 43.5. The molecule has 6 heteroatoms. The van der Waals surface area contributed by atoms with Crippen molar-refractivity contribution in [3.05, 3.63) is 35.4 Å². The number of hydrogen-bond acceptors (Lipinski definition) is 4. The molecule has 2 N–H and O–H groups in total. The van der Waals surface area contributed by atoms with Crippen LogP contribution in [0.4, 0.5) is 0 Å². The van der Waals surface area contributed by atoms with Gasteiger partial charge in [0, 0.05) is 12.8 Å². The van der Waals surface area contributed by atoms with Gasteiger partial charge in [0.1, 0.15) is 0 Å². The Morgan fingerprint density at radius 2 is 0.604 bits per heavy atom. The Morgan fingerprint density at radius 3 is 0.854 bits per heavy atom. The Labute approximate surface area is 294 Å². The van der Waals surface area contributed by atoms with Crippen LogP contribution in [-0.2, 0) is 9.59 Å². The van der Waals surface area contributed by atoms with Gasteiger partial charge in [-0.25, -0.2) is 0 Å². The smallest absolute Gasteiger partial charge is 0.258 e. The molecule has 0 unspecified atom stereocenters. The zero-order valence-electron chi connectivity index (χ0n) is 31.2. The molecule has 0 saturated heterocycles. The number of nitrogens with one attached hydrogen (secondary N) is 2. The number of carbonyl (C=O) groups excluding carboxylic acids is 4. The standard InChI is InChI=1S/C42H72N2O4/c1-3-5-7-9-11-13-15-17-19-21-23-25-27-29-35-39(45)43-41(47)37-33-31-32-34-38(37)42(48)44-40(46)36-30-28-26-24-22-20-18-16-14-12-10-8-6-4-2/h31-34H,3-30,35-36H2,1-2H3,(H,43,45,47)(H,44,46,48). The number of benzene rings is 1. The van der Waals surface area contributed by atoms with E-state index in [0.717, 1.165) is 38.5 Å². The normalized spacial score (nSPS) is 11.0. The van der Waals surface area contributed by atoms with Gasteiger partial charge in [0.15, 0.2) is 0 Å². The van der Waals surface area contributed by atoms with E-state index in [1.54, 1.807) is 12.1 Å². The molecule has 0 aliphatic rings. The molecule has 1 aromatic rings. The van der Waals surface area contributed by atoms with Crippen LogP contribution in [0.15, 0.2) is 24.3 Å². The van der Waals surface area contributed by atoms with E-state index in [1.165, 1.54) is 153 Å². The van der Waals surface area contributed by atoms with Gasteiger partial charge in [-0.2, -0.15) is 0 Å². The summed E-state index contributed by atoms with van der Waals surface area (Å²) in [5, 5.41) is 4.86. The third-order valence-corrected chi connectivity index (χ3v) is 9.44. The van der Waals surface area contributed by atoms with E-state index in [4.69, 9.17) is 0 Å². The van der Waals surface area contributed by atoms with Crippen molar-refractivity contribution in [1.82, 2.24) is 10.6 Å². The van der Waals surface area contributed by atoms with Crippen LogP contribution in [0.2, 0.25) is 0 Å². The first-order valence-corrected chi connectivity index (χ1v) is 20.3. The Kier molecular flexibility index (Phi) is 28.8. The molecule has 48 heavy (non-hydrogen) atoms. The highest BCUT2D eigenvalue weighted by molar-refractivity contribution is 6.14. The summed E-state index contributed by atoms with van der Waals surface area (Å²) >= 11 is 0. The first-order valence-electron chi connectivity index (χ1n) is 20.3. The Morgan fingerprint density at radius 1 is 0.375 bits per heavy atom. The third kappa shape index (κ3) is 24.6. The van der Waals surface area contributed by atoms with E-state index in [9.17, 15) is 19.2 Å². The van der Waals surface area contributed by atoms with Crippen LogP contribution in [0.3, 0.4) is 0 Å². The molecule has 1 rings (SSSR count). The van der Waals surface area contributed by atoms with Gasteiger partial charge in [-0.15, -0.1) is 0 Å². The number of carbonyl (C=O) groups is 4. The topological polar surface area (TPSA) is 92.3 Å². The maximum Gasteiger partial charge on any atom is 0.258 e. The average molecular weight is 669 g/mol. The molecule has 4 amide bonds. The molecule has 0 saturated carbocycles. The molecular weight excluding hydrogens is 596 g/mol. The predicted molar refractivity (Wildman–Crippen MR) is 201 cm³/mol. The van der Waals surface area contributed by atoms with Crippen molar-refractivity contribution >= 4 is 23.6 Å². The fraction of sp³-hybridized carbons (Fsp3) is 0.762. The molecule has 0 aromatic heterocycles. The maximum absolute atomic E-state index is 12.8. The van der Waals surface area contributed by atoms with E-state index in [2.05, 4.69) is 24.5 Å². The average Bonchev–Trinajstić information content (AvgIpc) is 3.08. The molecular formula is C42H72N2O4. The molecule has 0 radical (unpaired) electrons. The van der Waals surface area contributed by atoms with Gasteiger partial charge < -0.3 is 0 Å². The zero-order valence-corrected chi connectivity index (χ0v) is 31.2.